The number of nitrogens with one attached hydrogen (secondary N) is 2. The van der Waals surface area contributed by atoms with E-state index in [0.717, 1.165) is 48.8 Å². The third kappa shape index (κ3) is 10.3. The zero-order valence-electron chi connectivity index (χ0n) is 38.1. The van der Waals surface area contributed by atoms with Crippen LogP contribution in [-0.2, 0) is 43.2 Å². The summed E-state index contributed by atoms with van der Waals surface area (Å²) in [5.41, 5.74) is 3.58. The number of carbonyl (C=O) groups is 4. The lowest BCUT2D eigenvalue weighted by Crippen LogP contribution is -2.65. The zero-order chi connectivity index (χ0) is 45.2. The molecule has 13 nitrogen and oxygen atoms in total. The van der Waals surface area contributed by atoms with Crippen molar-refractivity contribution >= 4 is 24.0 Å². The van der Waals surface area contributed by atoms with Crippen LogP contribution in [0.5, 0.6) is 23.0 Å². The van der Waals surface area contributed by atoms with Crippen LogP contribution < -0.4 is 29.6 Å². The number of benzene rings is 3. The largest absolute Gasteiger partial charge is 0.493 e. The maximum Gasteiger partial charge on any atom is 0.410 e. The Balaban J connectivity index is 0.758. The average Bonchev–Trinajstić information content (AvgIpc) is 3.58. The average molecular weight is 881 g/mol. The highest BCUT2D eigenvalue weighted by atomic mass is 16.7. The molecule has 2 N–H and O–H groups in total. The van der Waals surface area contributed by atoms with Gasteiger partial charge in [0.15, 0.2) is 23.0 Å². The minimum absolute atomic E-state index is 0.0283. The predicted molar refractivity (Wildman–Crippen MR) is 237 cm³/mol. The van der Waals surface area contributed by atoms with E-state index in [-0.39, 0.29) is 57.9 Å². The second kappa shape index (κ2) is 18.7. The van der Waals surface area contributed by atoms with Gasteiger partial charge in [0.1, 0.15) is 0 Å². The molecule has 6 aliphatic rings. The second-order valence-electron chi connectivity index (χ2n) is 20.0. The number of ether oxygens (including phenoxy) is 7. The molecule has 1 heterocycles. The number of rotatable bonds is 16. The number of carbonyl (C=O) groups excluding carboxylic acids is 4. The van der Waals surface area contributed by atoms with Gasteiger partial charge in [-0.25, -0.2) is 9.59 Å². The number of amides is 1. The molecule has 1 saturated heterocycles. The first-order valence-electron chi connectivity index (χ1n) is 22.9. The second-order valence-corrected chi connectivity index (χ2v) is 20.0. The highest BCUT2D eigenvalue weighted by Gasteiger charge is 2.60. The number of alkyl carbamates (subject to hydrolysis) is 1. The highest BCUT2D eigenvalue weighted by Crippen LogP contribution is 2.66. The Labute approximate surface area is 376 Å². The number of hydrogen-bond acceptors (Lipinski definition) is 12. The van der Waals surface area contributed by atoms with Crippen molar-refractivity contribution < 1.29 is 52.3 Å². The first-order valence-corrected chi connectivity index (χ1v) is 22.9. The fourth-order valence-corrected chi connectivity index (χ4v) is 12.5. The first kappa shape index (κ1) is 45.3. The fourth-order valence-electron chi connectivity index (χ4n) is 12.5. The molecule has 1 amide bonds. The summed E-state index contributed by atoms with van der Waals surface area (Å²) in [7, 11) is 4.70. The molecule has 6 fully saturated rings. The summed E-state index contributed by atoms with van der Waals surface area (Å²) in [6.45, 7) is 7.28. The quantitative estimate of drug-likeness (QED) is 0.0805. The van der Waals surface area contributed by atoms with Crippen LogP contribution in [0.2, 0.25) is 0 Å². The maximum atomic E-state index is 13.2. The van der Waals surface area contributed by atoms with Crippen LogP contribution >= 0.6 is 0 Å². The van der Waals surface area contributed by atoms with E-state index in [9.17, 15) is 19.2 Å². The van der Waals surface area contributed by atoms with E-state index in [2.05, 4.69) is 24.5 Å². The van der Waals surface area contributed by atoms with E-state index in [4.69, 9.17) is 33.2 Å². The molecule has 3 unspecified atom stereocenters. The highest BCUT2D eigenvalue weighted by molar-refractivity contribution is 5.91. The van der Waals surface area contributed by atoms with Crippen molar-refractivity contribution in [3.8, 4) is 23.0 Å². The molecule has 0 radical (unpaired) electrons. The van der Waals surface area contributed by atoms with Gasteiger partial charge in [-0.05, 0) is 147 Å². The van der Waals surface area contributed by atoms with E-state index in [1.165, 1.54) is 26.4 Å². The molecule has 64 heavy (non-hydrogen) atoms. The van der Waals surface area contributed by atoms with Crippen molar-refractivity contribution in [2.24, 2.45) is 34.5 Å². The minimum Gasteiger partial charge on any atom is -0.493 e. The van der Waals surface area contributed by atoms with Gasteiger partial charge in [-0.2, -0.15) is 0 Å². The number of esters is 3. The topological polar surface area (TPSA) is 157 Å². The van der Waals surface area contributed by atoms with E-state index in [1.54, 1.807) is 45.4 Å². The molecule has 4 bridgehead atoms. The smallest absolute Gasteiger partial charge is 0.410 e. The number of methoxy groups -OCH3 is 3. The Kier molecular flexibility index (Phi) is 13.2. The predicted octanol–water partition coefficient (Wildman–Crippen LogP) is 8.52. The molecule has 0 spiro atoms. The SMILES string of the molecule is COc1ccc(C[C@H]2COC(=O)[C@@H]2Cc2ccc(OC(=O)c3ccc(CN[C@H]4CC[C@@H](C(=O)OC(C)OC(=O)NC56CC7CC(C)(CC(C)(C7)C5)C6)CC4)cc3)c(OC)c2)cc1OC. The van der Waals surface area contributed by atoms with Crippen molar-refractivity contribution in [3.05, 3.63) is 82.9 Å². The lowest BCUT2D eigenvalue weighted by Gasteiger charge is -2.65. The normalized spacial score (nSPS) is 29.6. The zero-order valence-corrected chi connectivity index (χ0v) is 38.1. The Hall–Kier alpha value is -5.30. The van der Waals surface area contributed by atoms with Crippen LogP contribution in [0.25, 0.3) is 0 Å². The Morgan fingerprint density at radius 2 is 1.34 bits per heavy atom. The monoisotopic (exact) mass is 880 g/mol. The van der Waals surface area contributed by atoms with Crippen molar-refractivity contribution in [1.29, 1.82) is 0 Å². The molecule has 5 atom stereocenters. The van der Waals surface area contributed by atoms with E-state index in [0.29, 0.717) is 67.6 Å². The summed E-state index contributed by atoms with van der Waals surface area (Å²) in [6.07, 6.45) is 9.28. The van der Waals surface area contributed by atoms with Crippen LogP contribution in [0.1, 0.15) is 112 Å². The number of cyclic esters (lactones) is 1. The standard InChI is InChI=1S/C51H64N2O11/c1-31(63-48(57)53-51-25-35-23-49(2,29-51)28-50(3,24-35)30-51)62-45(54)37-13-15-39(16-14-37)52-26-32-7-11-36(12-8-32)46(55)64-42-18-10-34(22-44(42)60-6)20-40-38(27-61-47(40)56)19-33-9-17-41(58-4)43(21-33)59-5/h7-12,17-18,21-22,31,35,37-40,52H,13-16,19-20,23-30H2,1-6H3,(H,53,57)/t31?,35?,37-,38-,39+,40+,49?,50?,51?/m0/s1. The first-order chi connectivity index (χ1) is 30.6. The van der Waals surface area contributed by atoms with Crippen LogP contribution in [0.4, 0.5) is 4.79 Å². The van der Waals surface area contributed by atoms with E-state index < -0.39 is 18.4 Å². The van der Waals surface area contributed by atoms with Gasteiger partial charge in [-0.1, -0.05) is 38.1 Å². The van der Waals surface area contributed by atoms with Crippen LogP contribution in [0.15, 0.2) is 60.7 Å². The molecule has 5 aliphatic carbocycles. The van der Waals surface area contributed by atoms with Crippen LogP contribution in [-0.4, -0.2) is 69.8 Å². The van der Waals surface area contributed by atoms with Crippen LogP contribution in [0, 0.1) is 34.5 Å². The van der Waals surface area contributed by atoms with Gasteiger partial charge >= 0.3 is 24.0 Å². The molecule has 5 saturated carbocycles. The molecule has 0 aromatic heterocycles. The molecular weight excluding hydrogens is 817 g/mol. The van der Waals surface area contributed by atoms with Crippen molar-refractivity contribution in [3.63, 3.8) is 0 Å². The van der Waals surface area contributed by atoms with Gasteiger partial charge in [0.2, 0.25) is 6.29 Å². The lowest BCUT2D eigenvalue weighted by atomic mass is 9.43. The summed E-state index contributed by atoms with van der Waals surface area (Å²) in [6, 6.07) is 18.6. The van der Waals surface area contributed by atoms with Gasteiger partial charge in [0.25, 0.3) is 0 Å². The van der Waals surface area contributed by atoms with Gasteiger partial charge in [0.05, 0.1) is 45.3 Å². The Bertz CT molecular complexity index is 2180. The molecule has 3 aromatic rings. The van der Waals surface area contributed by atoms with Crippen molar-refractivity contribution in [1.82, 2.24) is 10.6 Å². The molecule has 344 valence electrons. The summed E-state index contributed by atoms with van der Waals surface area (Å²) >= 11 is 0. The maximum absolute atomic E-state index is 13.2. The number of hydrogen-bond donors (Lipinski definition) is 2. The van der Waals surface area contributed by atoms with E-state index in [1.807, 2.05) is 36.4 Å². The molecule has 3 aromatic carbocycles. The molecule has 1 aliphatic heterocycles. The third-order valence-electron chi connectivity index (χ3n) is 14.5. The van der Waals surface area contributed by atoms with Gasteiger partial charge < -0.3 is 43.8 Å². The van der Waals surface area contributed by atoms with Crippen molar-refractivity contribution in [2.75, 3.05) is 27.9 Å². The minimum atomic E-state index is -0.960. The molecule has 9 rings (SSSR count). The van der Waals surface area contributed by atoms with Gasteiger partial charge in [-0.15, -0.1) is 0 Å². The summed E-state index contributed by atoms with van der Waals surface area (Å²) < 4.78 is 38.9. The fraction of sp³-hybridized carbons (Fsp3) is 0.569. The van der Waals surface area contributed by atoms with Gasteiger partial charge in [0, 0.05) is 31.0 Å². The molecular formula is C51H64N2O11. The summed E-state index contributed by atoms with van der Waals surface area (Å²) in [4.78, 5) is 52.2. The summed E-state index contributed by atoms with van der Waals surface area (Å²) in [5.74, 6) is 0.892. The van der Waals surface area contributed by atoms with Crippen molar-refractivity contribution in [2.45, 2.75) is 122 Å². The van der Waals surface area contributed by atoms with E-state index >= 15 is 0 Å². The Morgan fingerprint density at radius 3 is 1.98 bits per heavy atom. The van der Waals surface area contributed by atoms with Gasteiger partial charge in [-0.3, -0.25) is 9.59 Å². The van der Waals surface area contributed by atoms with Crippen LogP contribution in [0.3, 0.4) is 0 Å². The Morgan fingerprint density at radius 1 is 0.734 bits per heavy atom. The third-order valence-corrected chi connectivity index (χ3v) is 14.5. The molecule has 13 heteroatoms. The lowest BCUT2D eigenvalue weighted by molar-refractivity contribution is -0.172. The summed E-state index contributed by atoms with van der Waals surface area (Å²) in [5, 5.41) is 6.82.